The summed E-state index contributed by atoms with van der Waals surface area (Å²) in [7, 11) is 0. The number of nitrogens with zero attached hydrogens (tertiary/aromatic N) is 4. The SMILES string of the molecule is Cc1ccc(-n2nnnc2S[C@H](C(=O)NC2CC2)c2ccccc2)c(C)c1. The van der Waals surface area contributed by atoms with E-state index in [0.717, 1.165) is 29.7 Å². The van der Waals surface area contributed by atoms with Crippen LogP contribution in [0.15, 0.2) is 53.7 Å². The first-order valence-corrected chi connectivity index (χ1v) is 9.88. The van der Waals surface area contributed by atoms with E-state index in [1.807, 2.05) is 49.4 Å². The zero-order valence-electron chi connectivity index (χ0n) is 15.3. The minimum atomic E-state index is -0.401. The quantitative estimate of drug-likeness (QED) is 0.665. The van der Waals surface area contributed by atoms with Gasteiger partial charge in [0.1, 0.15) is 5.25 Å². The number of nitrogens with one attached hydrogen (secondary N) is 1. The second-order valence-corrected chi connectivity index (χ2v) is 7.93. The molecule has 1 aliphatic rings. The Morgan fingerprint density at radius 2 is 1.96 bits per heavy atom. The van der Waals surface area contributed by atoms with Gasteiger partial charge in [-0.2, -0.15) is 4.68 Å². The molecule has 1 heterocycles. The Bertz CT molecular complexity index is 952. The molecule has 0 bridgehead atoms. The van der Waals surface area contributed by atoms with Gasteiger partial charge in [0, 0.05) is 6.04 Å². The third-order valence-corrected chi connectivity index (χ3v) is 5.70. The second-order valence-electron chi connectivity index (χ2n) is 6.85. The summed E-state index contributed by atoms with van der Waals surface area (Å²) in [4.78, 5) is 12.9. The zero-order chi connectivity index (χ0) is 18.8. The average molecular weight is 379 g/mol. The molecule has 27 heavy (non-hydrogen) atoms. The molecular formula is C20H21N5OS. The van der Waals surface area contributed by atoms with Gasteiger partial charge in [0.2, 0.25) is 11.1 Å². The highest BCUT2D eigenvalue weighted by Gasteiger charge is 2.30. The van der Waals surface area contributed by atoms with Crippen molar-refractivity contribution in [3.8, 4) is 5.69 Å². The fourth-order valence-corrected chi connectivity index (χ4v) is 3.95. The fourth-order valence-electron chi connectivity index (χ4n) is 2.96. The maximum atomic E-state index is 12.9. The number of aromatic nitrogens is 4. The van der Waals surface area contributed by atoms with E-state index in [9.17, 15) is 4.79 Å². The summed E-state index contributed by atoms with van der Waals surface area (Å²) in [5.74, 6) is 0.00359. The lowest BCUT2D eigenvalue weighted by atomic mass is 10.1. The van der Waals surface area contributed by atoms with E-state index in [2.05, 4.69) is 33.8 Å². The van der Waals surface area contributed by atoms with Gasteiger partial charge in [-0.15, -0.1) is 5.10 Å². The first kappa shape index (κ1) is 17.7. The third kappa shape index (κ3) is 4.03. The Morgan fingerprint density at radius 1 is 1.19 bits per heavy atom. The number of thioether (sulfide) groups is 1. The summed E-state index contributed by atoms with van der Waals surface area (Å²) in [5.41, 5.74) is 4.13. The van der Waals surface area contributed by atoms with Crippen molar-refractivity contribution in [3.63, 3.8) is 0 Å². The number of amides is 1. The van der Waals surface area contributed by atoms with Crippen LogP contribution in [-0.4, -0.2) is 32.2 Å². The number of tetrazole rings is 1. The highest BCUT2D eigenvalue weighted by Crippen LogP contribution is 2.36. The molecule has 1 saturated carbocycles. The molecular weight excluding hydrogens is 358 g/mol. The summed E-state index contributed by atoms with van der Waals surface area (Å²) in [5, 5.41) is 15.5. The molecule has 1 aromatic heterocycles. The first-order valence-electron chi connectivity index (χ1n) is 9.00. The average Bonchev–Trinajstić information content (AvgIpc) is 3.36. The highest BCUT2D eigenvalue weighted by molar-refractivity contribution is 8.00. The molecule has 0 saturated heterocycles. The van der Waals surface area contributed by atoms with Gasteiger partial charge in [-0.25, -0.2) is 0 Å². The van der Waals surface area contributed by atoms with Crippen molar-refractivity contribution in [2.45, 2.75) is 43.1 Å². The van der Waals surface area contributed by atoms with Gasteiger partial charge in [-0.05, 0) is 54.3 Å². The Morgan fingerprint density at radius 3 is 2.67 bits per heavy atom. The molecule has 0 unspecified atom stereocenters. The number of rotatable bonds is 6. The monoisotopic (exact) mass is 379 g/mol. The third-order valence-electron chi connectivity index (χ3n) is 4.51. The number of aryl methyl sites for hydroxylation is 2. The van der Waals surface area contributed by atoms with Crippen LogP contribution in [0.3, 0.4) is 0 Å². The minimum Gasteiger partial charge on any atom is -0.352 e. The van der Waals surface area contributed by atoms with Crippen LogP contribution in [0.5, 0.6) is 0 Å². The van der Waals surface area contributed by atoms with E-state index >= 15 is 0 Å². The van der Waals surface area contributed by atoms with E-state index in [-0.39, 0.29) is 5.91 Å². The van der Waals surface area contributed by atoms with Crippen molar-refractivity contribution in [1.29, 1.82) is 0 Å². The van der Waals surface area contributed by atoms with E-state index < -0.39 is 5.25 Å². The molecule has 1 aliphatic carbocycles. The Labute approximate surface area is 162 Å². The van der Waals surface area contributed by atoms with Gasteiger partial charge in [0.15, 0.2) is 0 Å². The van der Waals surface area contributed by atoms with Crippen molar-refractivity contribution in [2.24, 2.45) is 0 Å². The van der Waals surface area contributed by atoms with Crippen molar-refractivity contribution < 1.29 is 4.79 Å². The van der Waals surface area contributed by atoms with Crippen LogP contribution in [0.4, 0.5) is 0 Å². The summed E-state index contributed by atoms with van der Waals surface area (Å²) in [6, 6.07) is 16.2. The highest BCUT2D eigenvalue weighted by atomic mass is 32.2. The number of hydrogen-bond donors (Lipinski definition) is 1. The van der Waals surface area contributed by atoms with Gasteiger partial charge in [-0.1, -0.05) is 59.8 Å². The molecule has 1 amide bonds. The summed E-state index contributed by atoms with van der Waals surface area (Å²) in [6.07, 6.45) is 2.11. The molecule has 7 heteroatoms. The molecule has 0 aliphatic heterocycles. The van der Waals surface area contributed by atoms with Crippen molar-refractivity contribution in [2.75, 3.05) is 0 Å². The van der Waals surface area contributed by atoms with Crippen LogP contribution in [-0.2, 0) is 4.79 Å². The van der Waals surface area contributed by atoms with E-state index in [1.165, 1.54) is 17.3 Å². The Hall–Kier alpha value is -2.67. The first-order chi connectivity index (χ1) is 13.1. The van der Waals surface area contributed by atoms with Gasteiger partial charge >= 0.3 is 0 Å². The van der Waals surface area contributed by atoms with Crippen LogP contribution in [0.2, 0.25) is 0 Å². The lowest BCUT2D eigenvalue weighted by molar-refractivity contribution is -0.120. The number of carbonyl (C=O) groups is 1. The molecule has 3 aromatic rings. The molecule has 6 nitrogen and oxygen atoms in total. The fraction of sp³-hybridized carbons (Fsp3) is 0.300. The largest absolute Gasteiger partial charge is 0.352 e. The van der Waals surface area contributed by atoms with Gasteiger partial charge in [0.05, 0.1) is 5.69 Å². The van der Waals surface area contributed by atoms with Gasteiger partial charge in [0.25, 0.3) is 0 Å². The lowest BCUT2D eigenvalue weighted by Gasteiger charge is -2.16. The van der Waals surface area contributed by atoms with E-state index in [0.29, 0.717) is 11.2 Å². The predicted octanol–water partition coefficient (Wildman–Crippen LogP) is 3.39. The van der Waals surface area contributed by atoms with E-state index in [4.69, 9.17) is 0 Å². The Balaban J connectivity index is 1.66. The maximum Gasteiger partial charge on any atom is 0.238 e. The van der Waals surface area contributed by atoms with Crippen molar-refractivity contribution >= 4 is 17.7 Å². The molecule has 138 valence electrons. The second kappa shape index (κ2) is 7.52. The van der Waals surface area contributed by atoms with E-state index in [1.54, 1.807) is 4.68 Å². The number of hydrogen-bond acceptors (Lipinski definition) is 5. The smallest absolute Gasteiger partial charge is 0.238 e. The molecule has 1 fully saturated rings. The molecule has 0 spiro atoms. The van der Waals surface area contributed by atoms with Crippen LogP contribution in [0.1, 0.15) is 34.8 Å². The molecule has 4 rings (SSSR count). The number of carbonyl (C=O) groups excluding carboxylic acids is 1. The Kier molecular flexibility index (Phi) is 4.94. The van der Waals surface area contributed by atoms with Gasteiger partial charge in [-0.3, -0.25) is 4.79 Å². The topological polar surface area (TPSA) is 72.7 Å². The lowest BCUT2D eigenvalue weighted by Crippen LogP contribution is -2.30. The van der Waals surface area contributed by atoms with Crippen molar-refractivity contribution in [1.82, 2.24) is 25.5 Å². The van der Waals surface area contributed by atoms with Crippen LogP contribution in [0.25, 0.3) is 5.69 Å². The number of benzene rings is 2. The molecule has 1 N–H and O–H groups in total. The molecule has 0 radical (unpaired) electrons. The minimum absolute atomic E-state index is 0.00359. The predicted molar refractivity (Wildman–Crippen MR) is 105 cm³/mol. The summed E-state index contributed by atoms with van der Waals surface area (Å²) >= 11 is 1.38. The molecule has 2 aromatic carbocycles. The summed E-state index contributed by atoms with van der Waals surface area (Å²) in [6.45, 7) is 4.09. The summed E-state index contributed by atoms with van der Waals surface area (Å²) < 4.78 is 1.71. The van der Waals surface area contributed by atoms with Crippen LogP contribution >= 0.6 is 11.8 Å². The standard InChI is InChI=1S/C20H21N5OS/c1-13-8-11-17(14(2)12-13)25-20(22-23-24-25)27-18(15-6-4-3-5-7-15)19(26)21-16-9-10-16/h3-8,11-12,16,18H,9-10H2,1-2H3,(H,21,26)/t18-/m0/s1. The molecule has 1 atom stereocenters. The van der Waals surface area contributed by atoms with Gasteiger partial charge < -0.3 is 5.32 Å². The van der Waals surface area contributed by atoms with Crippen LogP contribution in [0, 0.1) is 13.8 Å². The maximum absolute atomic E-state index is 12.9. The zero-order valence-corrected chi connectivity index (χ0v) is 16.1. The van der Waals surface area contributed by atoms with Crippen molar-refractivity contribution in [3.05, 3.63) is 65.2 Å². The van der Waals surface area contributed by atoms with Crippen LogP contribution < -0.4 is 5.32 Å². The normalized spacial score (nSPS) is 14.7.